The van der Waals surface area contributed by atoms with Gasteiger partial charge in [-0.2, -0.15) is 4.31 Å². The van der Waals surface area contributed by atoms with Crippen LogP contribution in [0.15, 0.2) is 0 Å². The Bertz CT molecular complexity index is 261. The lowest BCUT2D eigenvalue weighted by Gasteiger charge is -2.22. The first-order chi connectivity index (χ1) is 5.33. The molecule has 1 atom stereocenters. The van der Waals surface area contributed by atoms with E-state index in [1.54, 1.807) is 13.8 Å². The summed E-state index contributed by atoms with van der Waals surface area (Å²) in [5.41, 5.74) is 5.31. The number of nitrogens with zero attached hydrogens (tertiary/aromatic N) is 1. The van der Waals surface area contributed by atoms with Crippen molar-refractivity contribution in [3.63, 3.8) is 0 Å². The van der Waals surface area contributed by atoms with Gasteiger partial charge in [-0.1, -0.05) is 12.2 Å². The third-order valence-electron chi connectivity index (χ3n) is 1.76. The van der Waals surface area contributed by atoms with Gasteiger partial charge in [-0.25, -0.2) is 8.42 Å². The van der Waals surface area contributed by atoms with Gasteiger partial charge >= 0.3 is 0 Å². The van der Waals surface area contributed by atoms with Crippen molar-refractivity contribution < 1.29 is 8.42 Å². The number of hydrogen-bond acceptors (Lipinski definition) is 3. The predicted octanol–water partition coefficient (Wildman–Crippen LogP) is -0.0575. The lowest BCUT2D eigenvalue weighted by Crippen LogP contribution is -2.43. The van der Waals surface area contributed by atoms with Crippen LogP contribution in [0, 0.1) is 0 Å². The third kappa shape index (κ3) is 2.69. The van der Waals surface area contributed by atoms with Gasteiger partial charge in [-0.3, -0.25) is 0 Å². The molecule has 0 aliphatic heterocycles. The standard InChI is InChI=1S/C6H14N2O2S2/c1-4-12(9,10)8(3)5(2)6(7)11/h5H,4H2,1-3H3,(H2,7,11). The molecule has 12 heavy (non-hydrogen) atoms. The summed E-state index contributed by atoms with van der Waals surface area (Å²) in [4.78, 5) is 0.189. The average molecular weight is 210 g/mol. The fourth-order valence-corrected chi connectivity index (χ4v) is 1.85. The molecule has 0 radical (unpaired) electrons. The molecule has 0 saturated heterocycles. The molecule has 0 bridgehead atoms. The van der Waals surface area contributed by atoms with Crippen LogP contribution in [0.4, 0.5) is 0 Å². The van der Waals surface area contributed by atoms with E-state index in [0.717, 1.165) is 0 Å². The minimum atomic E-state index is -3.18. The largest absolute Gasteiger partial charge is 0.392 e. The summed E-state index contributed by atoms with van der Waals surface area (Å²) in [5, 5.41) is 0. The number of rotatable bonds is 4. The summed E-state index contributed by atoms with van der Waals surface area (Å²) in [6.07, 6.45) is 0. The Kier molecular flexibility index (Phi) is 4.09. The van der Waals surface area contributed by atoms with E-state index in [-0.39, 0.29) is 10.7 Å². The highest BCUT2D eigenvalue weighted by atomic mass is 32.2. The predicted molar refractivity (Wildman–Crippen MR) is 53.5 cm³/mol. The lowest BCUT2D eigenvalue weighted by atomic mass is 10.3. The molecule has 6 heteroatoms. The minimum absolute atomic E-state index is 0.0659. The quantitative estimate of drug-likeness (QED) is 0.660. The maximum atomic E-state index is 11.3. The zero-order valence-electron chi connectivity index (χ0n) is 7.44. The van der Waals surface area contributed by atoms with Crippen molar-refractivity contribution in [2.24, 2.45) is 5.73 Å². The van der Waals surface area contributed by atoms with Crippen molar-refractivity contribution in [2.75, 3.05) is 12.8 Å². The van der Waals surface area contributed by atoms with Crippen LogP contribution in [-0.2, 0) is 10.0 Å². The first-order valence-electron chi connectivity index (χ1n) is 3.58. The molecule has 0 aromatic rings. The first kappa shape index (κ1) is 11.8. The molecule has 0 spiro atoms. The second-order valence-electron chi connectivity index (χ2n) is 2.50. The van der Waals surface area contributed by atoms with Crippen molar-refractivity contribution in [1.82, 2.24) is 4.31 Å². The molecule has 0 amide bonds. The zero-order chi connectivity index (χ0) is 9.94. The molecule has 4 nitrogen and oxygen atoms in total. The molecule has 2 N–H and O–H groups in total. The van der Waals surface area contributed by atoms with Crippen molar-refractivity contribution in [3.05, 3.63) is 0 Å². The topological polar surface area (TPSA) is 63.4 Å². The number of hydrogen-bond donors (Lipinski definition) is 1. The van der Waals surface area contributed by atoms with E-state index >= 15 is 0 Å². The Balaban J connectivity index is 4.61. The Morgan fingerprint density at radius 1 is 1.67 bits per heavy atom. The fourth-order valence-electron chi connectivity index (χ4n) is 0.624. The molecule has 0 fully saturated rings. The Morgan fingerprint density at radius 3 is 2.33 bits per heavy atom. The molecular formula is C6H14N2O2S2. The summed E-state index contributed by atoms with van der Waals surface area (Å²) in [7, 11) is -1.70. The smallest absolute Gasteiger partial charge is 0.214 e. The average Bonchev–Trinajstić information content (AvgIpc) is 2.01. The van der Waals surface area contributed by atoms with Gasteiger partial charge in [0.25, 0.3) is 0 Å². The lowest BCUT2D eigenvalue weighted by molar-refractivity contribution is 0.452. The molecule has 1 unspecified atom stereocenters. The SMILES string of the molecule is CCS(=O)(=O)N(C)C(C)C(N)=S. The summed E-state index contributed by atoms with van der Waals surface area (Å²) < 4.78 is 23.7. The molecule has 0 rings (SSSR count). The maximum Gasteiger partial charge on any atom is 0.214 e. The number of likely N-dealkylation sites (N-methyl/N-ethyl adjacent to an activating group) is 1. The van der Waals surface area contributed by atoms with Crippen LogP contribution in [-0.4, -0.2) is 36.6 Å². The van der Waals surface area contributed by atoms with Crippen LogP contribution in [0.2, 0.25) is 0 Å². The van der Waals surface area contributed by atoms with Crippen molar-refractivity contribution in [3.8, 4) is 0 Å². The second kappa shape index (κ2) is 4.15. The zero-order valence-corrected chi connectivity index (χ0v) is 9.08. The maximum absolute atomic E-state index is 11.3. The van der Waals surface area contributed by atoms with Gasteiger partial charge < -0.3 is 5.73 Å². The molecule has 0 aromatic carbocycles. The van der Waals surface area contributed by atoms with E-state index in [2.05, 4.69) is 12.2 Å². The van der Waals surface area contributed by atoms with E-state index in [0.29, 0.717) is 0 Å². The highest BCUT2D eigenvalue weighted by molar-refractivity contribution is 7.89. The Morgan fingerprint density at radius 2 is 2.08 bits per heavy atom. The van der Waals surface area contributed by atoms with Gasteiger partial charge in [0.1, 0.15) is 0 Å². The van der Waals surface area contributed by atoms with Crippen LogP contribution in [0.3, 0.4) is 0 Å². The van der Waals surface area contributed by atoms with E-state index in [9.17, 15) is 8.42 Å². The molecule has 0 heterocycles. The summed E-state index contributed by atoms with van der Waals surface area (Å²) >= 11 is 4.68. The molecule has 0 saturated carbocycles. The normalized spacial score (nSPS) is 14.7. The van der Waals surface area contributed by atoms with Gasteiger partial charge in [0.05, 0.1) is 16.8 Å². The molecule has 0 aliphatic carbocycles. The Labute approximate surface area is 78.8 Å². The molecule has 72 valence electrons. The van der Waals surface area contributed by atoms with Gasteiger partial charge in [-0.15, -0.1) is 0 Å². The Hall–Kier alpha value is -0.200. The summed E-state index contributed by atoms with van der Waals surface area (Å²) in [6.45, 7) is 3.24. The van der Waals surface area contributed by atoms with Crippen LogP contribution in [0.1, 0.15) is 13.8 Å². The van der Waals surface area contributed by atoms with Crippen molar-refractivity contribution >= 4 is 27.2 Å². The van der Waals surface area contributed by atoms with Gasteiger partial charge in [0.15, 0.2) is 0 Å². The van der Waals surface area contributed by atoms with Gasteiger partial charge in [0.2, 0.25) is 10.0 Å². The van der Waals surface area contributed by atoms with E-state index in [1.165, 1.54) is 11.4 Å². The van der Waals surface area contributed by atoms with Crippen LogP contribution in [0.5, 0.6) is 0 Å². The van der Waals surface area contributed by atoms with Crippen LogP contribution in [0.25, 0.3) is 0 Å². The molecule has 0 aromatic heterocycles. The van der Waals surface area contributed by atoms with Crippen molar-refractivity contribution in [2.45, 2.75) is 19.9 Å². The third-order valence-corrected chi connectivity index (χ3v) is 4.03. The molecular weight excluding hydrogens is 196 g/mol. The van der Waals surface area contributed by atoms with Gasteiger partial charge in [0, 0.05) is 7.05 Å². The first-order valence-corrected chi connectivity index (χ1v) is 5.59. The van der Waals surface area contributed by atoms with Crippen LogP contribution < -0.4 is 5.73 Å². The van der Waals surface area contributed by atoms with Gasteiger partial charge in [-0.05, 0) is 13.8 Å². The van der Waals surface area contributed by atoms with E-state index in [1.807, 2.05) is 0 Å². The van der Waals surface area contributed by atoms with E-state index in [4.69, 9.17) is 5.73 Å². The highest BCUT2D eigenvalue weighted by Crippen LogP contribution is 2.04. The number of sulfonamides is 1. The monoisotopic (exact) mass is 210 g/mol. The molecule has 0 aliphatic rings. The number of nitrogens with two attached hydrogens (primary N) is 1. The fraction of sp³-hybridized carbons (Fsp3) is 0.833. The summed E-state index contributed by atoms with van der Waals surface area (Å²) in [6, 6.07) is -0.412. The number of thiocarbonyl (C=S) groups is 1. The minimum Gasteiger partial charge on any atom is -0.392 e. The highest BCUT2D eigenvalue weighted by Gasteiger charge is 2.22. The summed E-state index contributed by atoms with van der Waals surface area (Å²) in [5.74, 6) is 0.0659. The van der Waals surface area contributed by atoms with E-state index < -0.39 is 16.1 Å². The second-order valence-corrected chi connectivity index (χ2v) is 5.28. The van der Waals surface area contributed by atoms with Crippen molar-refractivity contribution in [1.29, 1.82) is 0 Å². The van der Waals surface area contributed by atoms with Crippen LogP contribution >= 0.6 is 12.2 Å².